The highest BCUT2D eigenvalue weighted by atomic mass is 32.2. The van der Waals surface area contributed by atoms with Gasteiger partial charge in [-0.15, -0.1) is 11.3 Å². The number of nitrogens with zero attached hydrogens (tertiary/aromatic N) is 1. The van der Waals surface area contributed by atoms with Gasteiger partial charge in [0, 0.05) is 22.9 Å². The summed E-state index contributed by atoms with van der Waals surface area (Å²) in [5.41, 5.74) is -0.530. The first-order chi connectivity index (χ1) is 10.1. The summed E-state index contributed by atoms with van der Waals surface area (Å²) >= 11 is 3.46. The zero-order valence-corrected chi connectivity index (χ0v) is 14.6. The molecule has 2 rings (SSSR count). The number of aromatic nitrogens is 1. The number of thioether (sulfide) groups is 1. The van der Waals surface area contributed by atoms with Gasteiger partial charge < -0.3 is 4.74 Å². The smallest absolute Gasteiger partial charge is 0.326 e. The highest BCUT2D eigenvalue weighted by Crippen LogP contribution is 2.39. The number of carbonyl (C=O) groups excluding carboxylic acids is 1. The molecule has 0 bridgehead atoms. The average Bonchev–Trinajstić information content (AvgIpc) is 2.91. The van der Waals surface area contributed by atoms with Crippen molar-refractivity contribution < 1.29 is 9.53 Å². The number of nitrogens with one attached hydrogen (secondary N) is 1. The fraction of sp³-hybridized carbons (Fsp3) is 0.733. The number of thiazole rings is 1. The molecule has 2 unspecified atom stereocenters. The molecule has 1 saturated carbocycles. The second kappa shape index (κ2) is 7.61. The minimum atomic E-state index is -0.530. The average molecular weight is 329 g/mol. The van der Waals surface area contributed by atoms with E-state index in [1.807, 2.05) is 18.5 Å². The summed E-state index contributed by atoms with van der Waals surface area (Å²) in [4.78, 5) is 16.8. The standard InChI is InChI=1S/C15H24N2O2S2/c1-4-19-13(18)15(17-11(2)3)7-5-6-12(10-15)21-14-16-8-9-20-14/h8-9,11-12,17H,4-7,10H2,1-3H3. The van der Waals surface area contributed by atoms with E-state index in [1.54, 1.807) is 23.1 Å². The maximum atomic E-state index is 12.5. The Morgan fingerprint density at radius 3 is 3.10 bits per heavy atom. The highest BCUT2D eigenvalue weighted by Gasteiger charge is 2.44. The quantitative estimate of drug-likeness (QED) is 0.810. The summed E-state index contributed by atoms with van der Waals surface area (Å²) in [6, 6.07) is 0.262. The second-order valence-corrected chi connectivity index (χ2v) is 8.18. The van der Waals surface area contributed by atoms with Crippen molar-refractivity contribution in [1.29, 1.82) is 0 Å². The molecule has 0 aliphatic heterocycles. The molecule has 1 aliphatic rings. The summed E-state index contributed by atoms with van der Waals surface area (Å²) in [7, 11) is 0. The molecule has 1 N–H and O–H groups in total. The van der Waals surface area contributed by atoms with Crippen molar-refractivity contribution >= 4 is 29.1 Å². The van der Waals surface area contributed by atoms with Crippen molar-refractivity contribution in [3.05, 3.63) is 11.6 Å². The minimum Gasteiger partial charge on any atom is -0.465 e. The number of hydrogen-bond acceptors (Lipinski definition) is 6. The van der Waals surface area contributed by atoms with Gasteiger partial charge in [-0.25, -0.2) is 4.98 Å². The Morgan fingerprint density at radius 2 is 2.48 bits per heavy atom. The molecule has 0 saturated heterocycles. The molecular weight excluding hydrogens is 304 g/mol. The second-order valence-electron chi connectivity index (χ2n) is 5.74. The molecule has 4 nitrogen and oxygen atoms in total. The Kier molecular flexibility index (Phi) is 6.08. The molecule has 0 spiro atoms. The molecule has 0 aromatic carbocycles. The van der Waals surface area contributed by atoms with Gasteiger partial charge in [-0.05, 0) is 46.5 Å². The van der Waals surface area contributed by atoms with E-state index in [1.165, 1.54) is 0 Å². The zero-order valence-electron chi connectivity index (χ0n) is 12.9. The lowest BCUT2D eigenvalue weighted by molar-refractivity contribution is -0.153. The molecule has 21 heavy (non-hydrogen) atoms. The van der Waals surface area contributed by atoms with E-state index >= 15 is 0 Å². The monoisotopic (exact) mass is 328 g/mol. The van der Waals surface area contributed by atoms with Crippen LogP contribution < -0.4 is 5.32 Å². The number of carbonyl (C=O) groups is 1. The van der Waals surface area contributed by atoms with E-state index in [-0.39, 0.29) is 12.0 Å². The van der Waals surface area contributed by atoms with Crippen LogP contribution in [-0.4, -0.2) is 34.4 Å². The number of hydrogen-bond donors (Lipinski definition) is 1. The van der Waals surface area contributed by atoms with Crippen LogP contribution in [0.5, 0.6) is 0 Å². The Morgan fingerprint density at radius 1 is 1.67 bits per heavy atom. The van der Waals surface area contributed by atoms with Crippen LogP contribution in [-0.2, 0) is 9.53 Å². The van der Waals surface area contributed by atoms with Gasteiger partial charge in [-0.2, -0.15) is 0 Å². The Hall–Kier alpha value is -0.590. The highest BCUT2D eigenvalue weighted by molar-refractivity contribution is 8.01. The van der Waals surface area contributed by atoms with Crippen molar-refractivity contribution in [3.8, 4) is 0 Å². The van der Waals surface area contributed by atoms with Crippen LogP contribution in [0.3, 0.4) is 0 Å². The van der Waals surface area contributed by atoms with E-state index in [4.69, 9.17) is 4.74 Å². The number of ether oxygens (including phenoxy) is 1. The largest absolute Gasteiger partial charge is 0.465 e. The SMILES string of the molecule is CCOC(=O)C1(NC(C)C)CCCC(Sc2nccs2)C1. The fourth-order valence-corrected chi connectivity index (χ4v) is 5.15. The summed E-state index contributed by atoms with van der Waals surface area (Å²) in [6.07, 6.45) is 5.68. The van der Waals surface area contributed by atoms with Crippen LogP contribution in [0.15, 0.2) is 15.9 Å². The Balaban J connectivity index is 2.09. The molecule has 1 aromatic rings. The topological polar surface area (TPSA) is 51.2 Å². The third-order valence-electron chi connectivity index (χ3n) is 3.61. The number of esters is 1. The van der Waals surface area contributed by atoms with Gasteiger partial charge in [0.25, 0.3) is 0 Å². The molecule has 1 aromatic heterocycles. The summed E-state index contributed by atoms with van der Waals surface area (Å²) < 4.78 is 6.43. The molecule has 1 heterocycles. The molecule has 0 radical (unpaired) electrons. The molecule has 6 heteroatoms. The molecule has 1 aliphatic carbocycles. The maximum Gasteiger partial charge on any atom is 0.326 e. The Bertz CT molecular complexity index is 451. The van der Waals surface area contributed by atoms with Gasteiger partial charge in [0.05, 0.1) is 6.61 Å². The zero-order chi connectivity index (χ0) is 15.3. The van der Waals surface area contributed by atoms with E-state index in [0.717, 1.165) is 30.0 Å². The van der Waals surface area contributed by atoms with Crippen LogP contribution in [0.25, 0.3) is 0 Å². The first-order valence-electron chi connectivity index (χ1n) is 7.57. The maximum absolute atomic E-state index is 12.5. The first-order valence-corrected chi connectivity index (χ1v) is 9.33. The van der Waals surface area contributed by atoms with Gasteiger partial charge in [0.1, 0.15) is 9.88 Å². The van der Waals surface area contributed by atoms with E-state index in [0.29, 0.717) is 11.9 Å². The van der Waals surface area contributed by atoms with Crippen LogP contribution >= 0.6 is 23.1 Å². The Labute approximate surface area is 135 Å². The summed E-state index contributed by atoms with van der Waals surface area (Å²) in [6.45, 7) is 6.47. The van der Waals surface area contributed by atoms with Gasteiger partial charge in [0.2, 0.25) is 0 Å². The van der Waals surface area contributed by atoms with Gasteiger partial charge in [0.15, 0.2) is 0 Å². The van der Waals surface area contributed by atoms with E-state index < -0.39 is 5.54 Å². The van der Waals surface area contributed by atoms with Crippen LogP contribution in [0.1, 0.15) is 46.5 Å². The van der Waals surface area contributed by atoms with Gasteiger partial charge >= 0.3 is 5.97 Å². The molecule has 118 valence electrons. The molecule has 0 amide bonds. The lowest BCUT2D eigenvalue weighted by atomic mass is 9.80. The van der Waals surface area contributed by atoms with Crippen LogP contribution in [0.4, 0.5) is 0 Å². The van der Waals surface area contributed by atoms with E-state index in [2.05, 4.69) is 24.1 Å². The first kappa shape index (κ1) is 16.8. The normalized spacial score (nSPS) is 26.0. The number of rotatable bonds is 6. The predicted molar refractivity (Wildman–Crippen MR) is 87.9 cm³/mol. The van der Waals surface area contributed by atoms with Crippen molar-refractivity contribution in [1.82, 2.24) is 10.3 Å². The van der Waals surface area contributed by atoms with Gasteiger partial charge in [-0.3, -0.25) is 10.1 Å². The summed E-state index contributed by atoms with van der Waals surface area (Å²) in [5.74, 6) is -0.0943. The molecule has 2 atom stereocenters. The van der Waals surface area contributed by atoms with Crippen molar-refractivity contribution in [3.63, 3.8) is 0 Å². The third-order valence-corrected chi connectivity index (χ3v) is 5.80. The van der Waals surface area contributed by atoms with Crippen LogP contribution in [0.2, 0.25) is 0 Å². The molecular formula is C15H24N2O2S2. The van der Waals surface area contributed by atoms with E-state index in [9.17, 15) is 4.79 Å². The lowest BCUT2D eigenvalue weighted by Crippen LogP contribution is -2.58. The predicted octanol–water partition coefficient (Wildman–Crippen LogP) is 3.48. The minimum absolute atomic E-state index is 0.0943. The van der Waals surface area contributed by atoms with Crippen molar-refractivity contribution in [2.45, 2.75) is 67.6 Å². The van der Waals surface area contributed by atoms with Crippen molar-refractivity contribution in [2.24, 2.45) is 0 Å². The lowest BCUT2D eigenvalue weighted by Gasteiger charge is -2.40. The molecule has 1 fully saturated rings. The van der Waals surface area contributed by atoms with Crippen LogP contribution in [0, 0.1) is 0 Å². The summed E-state index contributed by atoms with van der Waals surface area (Å²) in [5, 5.41) is 5.90. The van der Waals surface area contributed by atoms with Crippen molar-refractivity contribution in [2.75, 3.05) is 6.61 Å². The fourth-order valence-electron chi connectivity index (χ4n) is 2.93. The van der Waals surface area contributed by atoms with Gasteiger partial charge in [-0.1, -0.05) is 11.8 Å². The third kappa shape index (κ3) is 4.44.